The molecular weight excluding hydrogens is 363 g/mol. The van der Waals surface area contributed by atoms with Gasteiger partial charge in [-0.05, 0) is 24.0 Å². The highest BCUT2D eigenvalue weighted by molar-refractivity contribution is 14.0. The molecule has 0 amide bonds. The topological polar surface area (TPSA) is 53.6 Å². The van der Waals surface area contributed by atoms with Gasteiger partial charge in [0.2, 0.25) is 0 Å². The highest BCUT2D eigenvalue weighted by Gasteiger charge is 2.21. The Balaban J connectivity index is 0.00000200. The lowest BCUT2D eigenvalue weighted by molar-refractivity contribution is 0.174. The van der Waals surface area contributed by atoms with E-state index < -0.39 is 0 Å². The SMILES string of the molecule is CCC(CNC(N)=NC)N1CCc2ccccc2C1.I. The van der Waals surface area contributed by atoms with Crippen LogP contribution in [0.15, 0.2) is 29.3 Å². The Morgan fingerprint density at radius 1 is 1.40 bits per heavy atom. The molecule has 0 aliphatic carbocycles. The first-order chi connectivity index (χ1) is 9.24. The van der Waals surface area contributed by atoms with E-state index in [1.165, 1.54) is 11.1 Å². The Morgan fingerprint density at radius 2 is 2.10 bits per heavy atom. The number of hydrogen-bond donors (Lipinski definition) is 2. The van der Waals surface area contributed by atoms with E-state index >= 15 is 0 Å². The van der Waals surface area contributed by atoms with Crippen LogP contribution in [0, 0.1) is 0 Å². The minimum Gasteiger partial charge on any atom is -0.370 e. The number of guanidine groups is 1. The predicted octanol–water partition coefficient (Wildman–Crippen LogP) is 1.98. The lowest BCUT2D eigenvalue weighted by atomic mass is 9.98. The van der Waals surface area contributed by atoms with Crippen molar-refractivity contribution in [1.82, 2.24) is 10.2 Å². The van der Waals surface area contributed by atoms with Gasteiger partial charge in [-0.3, -0.25) is 9.89 Å². The molecule has 112 valence electrons. The van der Waals surface area contributed by atoms with E-state index in [-0.39, 0.29) is 24.0 Å². The van der Waals surface area contributed by atoms with Gasteiger partial charge in [0.1, 0.15) is 0 Å². The van der Waals surface area contributed by atoms with Crippen molar-refractivity contribution in [3.63, 3.8) is 0 Å². The maximum atomic E-state index is 5.70. The van der Waals surface area contributed by atoms with Gasteiger partial charge in [0, 0.05) is 32.7 Å². The van der Waals surface area contributed by atoms with Gasteiger partial charge in [0.25, 0.3) is 0 Å². The standard InChI is InChI=1S/C15H24N4.HI/c1-3-14(10-18-15(16)17-2)19-9-8-12-6-4-5-7-13(12)11-19;/h4-7,14H,3,8-11H2,1-2H3,(H3,16,17,18);1H. The van der Waals surface area contributed by atoms with Gasteiger partial charge in [-0.1, -0.05) is 31.2 Å². The van der Waals surface area contributed by atoms with Gasteiger partial charge < -0.3 is 11.1 Å². The summed E-state index contributed by atoms with van der Waals surface area (Å²) in [7, 11) is 1.71. The van der Waals surface area contributed by atoms with Crippen LogP contribution < -0.4 is 11.1 Å². The number of nitrogens with zero attached hydrogens (tertiary/aromatic N) is 2. The van der Waals surface area contributed by atoms with Crippen LogP contribution in [0.5, 0.6) is 0 Å². The van der Waals surface area contributed by atoms with Crippen LogP contribution in [0.2, 0.25) is 0 Å². The monoisotopic (exact) mass is 388 g/mol. The fourth-order valence-electron chi connectivity index (χ4n) is 2.66. The van der Waals surface area contributed by atoms with Crippen LogP contribution in [-0.4, -0.2) is 37.0 Å². The minimum absolute atomic E-state index is 0. The molecular formula is C15H25IN4. The second-order valence-corrected chi connectivity index (χ2v) is 5.04. The number of aliphatic imine (C=N–C) groups is 1. The third-order valence-corrected chi connectivity index (χ3v) is 3.91. The molecule has 1 unspecified atom stereocenters. The second-order valence-electron chi connectivity index (χ2n) is 5.04. The number of fused-ring (bicyclic) bond motifs is 1. The van der Waals surface area contributed by atoms with Crippen molar-refractivity contribution in [2.75, 3.05) is 20.1 Å². The maximum absolute atomic E-state index is 5.70. The summed E-state index contributed by atoms with van der Waals surface area (Å²) in [5.74, 6) is 0.524. The van der Waals surface area contributed by atoms with Crippen molar-refractivity contribution in [2.24, 2.45) is 10.7 Å². The number of rotatable bonds is 4. The van der Waals surface area contributed by atoms with Crippen molar-refractivity contribution in [3.8, 4) is 0 Å². The summed E-state index contributed by atoms with van der Waals surface area (Å²) in [4.78, 5) is 6.48. The molecule has 1 aliphatic rings. The van der Waals surface area contributed by atoms with E-state index in [2.05, 4.69) is 46.4 Å². The number of halogens is 1. The molecule has 5 heteroatoms. The molecule has 1 aliphatic heterocycles. The molecule has 0 aromatic heterocycles. The van der Waals surface area contributed by atoms with E-state index in [9.17, 15) is 0 Å². The summed E-state index contributed by atoms with van der Waals surface area (Å²) in [6, 6.07) is 9.25. The van der Waals surface area contributed by atoms with Gasteiger partial charge in [0.05, 0.1) is 0 Å². The molecule has 1 aromatic rings. The van der Waals surface area contributed by atoms with Crippen molar-refractivity contribution in [3.05, 3.63) is 35.4 Å². The zero-order valence-corrected chi connectivity index (χ0v) is 14.6. The summed E-state index contributed by atoms with van der Waals surface area (Å²) in [6.07, 6.45) is 2.26. The molecule has 0 radical (unpaired) electrons. The molecule has 1 heterocycles. The first-order valence-corrected chi connectivity index (χ1v) is 7.01. The van der Waals surface area contributed by atoms with Crippen LogP contribution in [0.1, 0.15) is 24.5 Å². The average Bonchev–Trinajstić information content (AvgIpc) is 2.47. The van der Waals surface area contributed by atoms with Gasteiger partial charge in [-0.2, -0.15) is 0 Å². The number of hydrogen-bond acceptors (Lipinski definition) is 2. The van der Waals surface area contributed by atoms with Gasteiger partial charge in [-0.25, -0.2) is 0 Å². The van der Waals surface area contributed by atoms with Crippen LogP contribution in [0.25, 0.3) is 0 Å². The minimum atomic E-state index is 0. The van der Waals surface area contributed by atoms with E-state index in [0.717, 1.165) is 32.5 Å². The van der Waals surface area contributed by atoms with Crippen LogP contribution in [0.4, 0.5) is 0 Å². The lowest BCUT2D eigenvalue weighted by Crippen LogP contribution is -2.47. The van der Waals surface area contributed by atoms with Crippen molar-refractivity contribution >= 4 is 29.9 Å². The Labute approximate surface area is 138 Å². The zero-order chi connectivity index (χ0) is 13.7. The first-order valence-electron chi connectivity index (χ1n) is 7.01. The Kier molecular flexibility index (Phi) is 7.29. The number of nitrogens with two attached hydrogens (primary N) is 1. The summed E-state index contributed by atoms with van der Waals surface area (Å²) < 4.78 is 0. The summed E-state index contributed by atoms with van der Waals surface area (Å²) >= 11 is 0. The molecule has 1 aromatic carbocycles. The fourth-order valence-corrected chi connectivity index (χ4v) is 2.66. The molecule has 1 atom stereocenters. The molecule has 4 nitrogen and oxygen atoms in total. The molecule has 0 saturated carbocycles. The Hall–Kier alpha value is -0.820. The molecule has 0 saturated heterocycles. The third kappa shape index (κ3) is 4.34. The smallest absolute Gasteiger partial charge is 0.188 e. The van der Waals surface area contributed by atoms with Crippen LogP contribution in [-0.2, 0) is 13.0 Å². The lowest BCUT2D eigenvalue weighted by Gasteiger charge is -2.35. The number of nitrogens with one attached hydrogen (secondary N) is 1. The molecule has 0 spiro atoms. The second kappa shape index (κ2) is 8.46. The Morgan fingerprint density at radius 3 is 2.75 bits per heavy atom. The van der Waals surface area contributed by atoms with Gasteiger partial charge >= 0.3 is 0 Å². The van der Waals surface area contributed by atoms with Gasteiger partial charge in [-0.15, -0.1) is 24.0 Å². The highest BCUT2D eigenvalue weighted by Crippen LogP contribution is 2.20. The van der Waals surface area contributed by atoms with Crippen molar-refractivity contribution in [2.45, 2.75) is 32.4 Å². The van der Waals surface area contributed by atoms with E-state index in [0.29, 0.717) is 12.0 Å². The summed E-state index contributed by atoms with van der Waals surface area (Å²) in [5, 5.41) is 3.19. The quantitative estimate of drug-likeness (QED) is 0.471. The normalized spacial score (nSPS) is 17.0. The molecule has 20 heavy (non-hydrogen) atoms. The van der Waals surface area contributed by atoms with E-state index in [1.54, 1.807) is 7.05 Å². The molecule has 2 rings (SSSR count). The van der Waals surface area contributed by atoms with Crippen molar-refractivity contribution in [1.29, 1.82) is 0 Å². The highest BCUT2D eigenvalue weighted by atomic mass is 127. The zero-order valence-electron chi connectivity index (χ0n) is 12.3. The Bertz CT molecular complexity index is 447. The molecule has 0 bridgehead atoms. The van der Waals surface area contributed by atoms with E-state index in [4.69, 9.17) is 5.73 Å². The van der Waals surface area contributed by atoms with E-state index in [1.807, 2.05) is 0 Å². The van der Waals surface area contributed by atoms with Crippen LogP contribution >= 0.6 is 24.0 Å². The average molecular weight is 388 g/mol. The third-order valence-electron chi connectivity index (χ3n) is 3.91. The first kappa shape index (κ1) is 17.2. The predicted molar refractivity (Wildman–Crippen MR) is 95.6 cm³/mol. The number of benzene rings is 1. The van der Waals surface area contributed by atoms with Gasteiger partial charge in [0.15, 0.2) is 5.96 Å². The summed E-state index contributed by atoms with van der Waals surface area (Å²) in [5.41, 5.74) is 8.66. The molecule has 0 fully saturated rings. The maximum Gasteiger partial charge on any atom is 0.188 e. The molecule has 3 N–H and O–H groups in total. The largest absolute Gasteiger partial charge is 0.370 e. The fraction of sp³-hybridized carbons (Fsp3) is 0.533. The summed E-state index contributed by atoms with van der Waals surface area (Å²) in [6.45, 7) is 5.26. The van der Waals surface area contributed by atoms with Crippen LogP contribution in [0.3, 0.4) is 0 Å². The van der Waals surface area contributed by atoms with Crippen molar-refractivity contribution < 1.29 is 0 Å².